The Labute approximate surface area is 110 Å². The van der Waals surface area contributed by atoms with Crippen molar-refractivity contribution in [1.82, 2.24) is 9.97 Å². The van der Waals surface area contributed by atoms with Gasteiger partial charge in [0.2, 0.25) is 5.28 Å². The minimum Gasteiger partial charge on any atom is -0.365 e. The van der Waals surface area contributed by atoms with Gasteiger partial charge in [0.25, 0.3) is 0 Å². The highest BCUT2D eigenvalue weighted by molar-refractivity contribution is 7.99. The molecule has 1 aromatic rings. The predicted molar refractivity (Wildman–Crippen MR) is 70.2 cm³/mol. The third-order valence-corrected chi connectivity index (χ3v) is 4.26. The monoisotopic (exact) mass is 275 g/mol. The van der Waals surface area contributed by atoms with Gasteiger partial charge < -0.3 is 5.32 Å². The number of anilines is 1. The van der Waals surface area contributed by atoms with Crippen LogP contribution in [-0.4, -0.2) is 27.0 Å². The molecule has 0 aromatic carbocycles. The van der Waals surface area contributed by atoms with Crippen LogP contribution in [0.25, 0.3) is 0 Å². The van der Waals surface area contributed by atoms with Crippen molar-refractivity contribution in [2.45, 2.75) is 37.5 Å². The van der Waals surface area contributed by atoms with E-state index in [2.05, 4.69) is 22.2 Å². The molecule has 1 fully saturated rings. The number of rotatable bonds is 4. The van der Waals surface area contributed by atoms with Crippen molar-refractivity contribution < 1.29 is 4.39 Å². The van der Waals surface area contributed by atoms with Crippen molar-refractivity contribution in [1.29, 1.82) is 0 Å². The molecule has 1 saturated carbocycles. The molecule has 1 aliphatic rings. The molecule has 0 radical (unpaired) electrons. The zero-order chi connectivity index (χ0) is 12.3. The first-order valence-electron chi connectivity index (χ1n) is 5.75. The van der Waals surface area contributed by atoms with Crippen LogP contribution in [0.2, 0.25) is 5.28 Å². The maximum Gasteiger partial charge on any atom is 0.224 e. The second-order valence-corrected chi connectivity index (χ2v) is 5.98. The largest absolute Gasteiger partial charge is 0.365 e. The lowest BCUT2D eigenvalue weighted by Crippen LogP contribution is -2.18. The molecule has 0 amide bonds. The molecule has 2 atom stereocenters. The van der Waals surface area contributed by atoms with Crippen LogP contribution >= 0.6 is 23.4 Å². The Morgan fingerprint density at radius 3 is 3.18 bits per heavy atom. The van der Waals surface area contributed by atoms with Gasteiger partial charge in [0.05, 0.1) is 6.20 Å². The van der Waals surface area contributed by atoms with Crippen LogP contribution in [0.15, 0.2) is 6.20 Å². The third-order valence-electron chi connectivity index (χ3n) is 2.84. The summed E-state index contributed by atoms with van der Waals surface area (Å²) in [5, 5.41) is 3.87. The maximum absolute atomic E-state index is 13.4. The van der Waals surface area contributed by atoms with E-state index in [0.29, 0.717) is 11.3 Å². The molecule has 3 nitrogen and oxygen atoms in total. The first-order valence-corrected chi connectivity index (χ1v) is 7.18. The van der Waals surface area contributed by atoms with Gasteiger partial charge in [-0.2, -0.15) is 16.7 Å². The van der Waals surface area contributed by atoms with E-state index in [0.717, 1.165) is 24.8 Å². The zero-order valence-corrected chi connectivity index (χ0v) is 11.2. The number of aromatic nitrogens is 2. The van der Waals surface area contributed by atoms with E-state index >= 15 is 0 Å². The molecule has 1 aliphatic carbocycles. The van der Waals surface area contributed by atoms with Crippen LogP contribution in [0.3, 0.4) is 0 Å². The van der Waals surface area contributed by atoms with Gasteiger partial charge in [0, 0.05) is 11.3 Å². The van der Waals surface area contributed by atoms with E-state index in [1.807, 2.05) is 11.8 Å². The normalized spacial score (nSPS) is 23.9. The summed E-state index contributed by atoms with van der Waals surface area (Å²) >= 11 is 7.62. The highest BCUT2D eigenvalue weighted by Crippen LogP contribution is 2.31. The SMILES string of the molecule is CCSC1CCC(Nc2nc(Cl)ncc2F)C1. The summed E-state index contributed by atoms with van der Waals surface area (Å²) in [4.78, 5) is 7.46. The van der Waals surface area contributed by atoms with Crippen molar-refractivity contribution in [2.75, 3.05) is 11.1 Å². The zero-order valence-electron chi connectivity index (χ0n) is 9.62. The first kappa shape index (κ1) is 12.9. The van der Waals surface area contributed by atoms with Gasteiger partial charge >= 0.3 is 0 Å². The van der Waals surface area contributed by atoms with Crippen molar-refractivity contribution in [2.24, 2.45) is 0 Å². The minimum atomic E-state index is -0.444. The average Bonchev–Trinajstić information content (AvgIpc) is 2.72. The van der Waals surface area contributed by atoms with Crippen molar-refractivity contribution in [3.05, 3.63) is 17.3 Å². The Hall–Kier alpha value is -0.550. The summed E-state index contributed by atoms with van der Waals surface area (Å²) in [5.41, 5.74) is 0. The Bertz CT molecular complexity index is 391. The van der Waals surface area contributed by atoms with Crippen LogP contribution < -0.4 is 5.32 Å². The molecule has 0 spiro atoms. The fourth-order valence-electron chi connectivity index (χ4n) is 2.10. The fourth-order valence-corrected chi connectivity index (χ4v) is 3.37. The molecule has 6 heteroatoms. The molecule has 1 heterocycles. The Morgan fingerprint density at radius 1 is 1.59 bits per heavy atom. The van der Waals surface area contributed by atoms with E-state index in [1.54, 1.807) is 0 Å². The van der Waals surface area contributed by atoms with Crippen molar-refractivity contribution >= 4 is 29.2 Å². The number of halogens is 2. The van der Waals surface area contributed by atoms with Gasteiger partial charge in [0.15, 0.2) is 11.6 Å². The summed E-state index contributed by atoms with van der Waals surface area (Å²) in [6.07, 6.45) is 4.39. The van der Waals surface area contributed by atoms with Crippen LogP contribution in [0.4, 0.5) is 10.2 Å². The Kier molecular flexibility index (Phi) is 4.45. The van der Waals surface area contributed by atoms with E-state index in [1.165, 1.54) is 6.42 Å². The summed E-state index contributed by atoms with van der Waals surface area (Å²) < 4.78 is 13.4. The Morgan fingerprint density at radius 2 is 2.41 bits per heavy atom. The molecule has 2 rings (SSSR count). The minimum absolute atomic E-state index is 0.0754. The molecule has 94 valence electrons. The Balaban J connectivity index is 1.95. The van der Waals surface area contributed by atoms with Crippen LogP contribution in [0, 0.1) is 5.82 Å². The summed E-state index contributed by atoms with van der Waals surface area (Å²) in [5.74, 6) is 0.906. The second-order valence-electron chi connectivity index (χ2n) is 4.07. The van der Waals surface area contributed by atoms with Gasteiger partial charge in [-0.25, -0.2) is 9.37 Å². The van der Waals surface area contributed by atoms with Crippen LogP contribution in [0.5, 0.6) is 0 Å². The highest BCUT2D eigenvalue weighted by Gasteiger charge is 2.25. The van der Waals surface area contributed by atoms with Gasteiger partial charge in [-0.1, -0.05) is 6.92 Å². The van der Waals surface area contributed by atoms with Gasteiger partial charge in [-0.3, -0.25) is 0 Å². The van der Waals surface area contributed by atoms with Crippen LogP contribution in [0.1, 0.15) is 26.2 Å². The molecule has 0 aliphatic heterocycles. The lowest BCUT2D eigenvalue weighted by atomic mass is 10.2. The second kappa shape index (κ2) is 5.87. The lowest BCUT2D eigenvalue weighted by molar-refractivity contribution is 0.610. The number of nitrogens with zero attached hydrogens (tertiary/aromatic N) is 2. The third kappa shape index (κ3) is 3.45. The summed E-state index contributed by atoms with van der Waals surface area (Å²) in [6, 6.07) is 0.291. The number of hydrogen-bond donors (Lipinski definition) is 1. The van der Waals surface area contributed by atoms with E-state index < -0.39 is 5.82 Å². The molecular formula is C11H15ClFN3S. The predicted octanol–water partition coefficient (Wildman–Crippen LogP) is 3.36. The molecule has 1 N–H and O–H groups in total. The van der Waals surface area contributed by atoms with E-state index in [-0.39, 0.29) is 11.1 Å². The van der Waals surface area contributed by atoms with Gasteiger partial charge in [0.1, 0.15) is 0 Å². The molecule has 2 unspecified atom stereocenters. The lowest BCUT2D eigenvalue weighted by Gasteiger charge is -2.14. The number of nitrogens with one attached hydrogen (secondary N) is 1. The fraction of sp³-hybridized carbons (Fsp3) is 0.636. The molecule has 17 heavy (non-hydrogen) atoms. The summed E-state index contributed by atoms with van der Waals surface area (Å²) in [7, 11) is 0. The molecule has 0 saturated heterocycles. The van der Waals surface area contributed by atoms with Crippen molar-refractivity contribution in [3.63, 3.8) is 0 Å². The van der Waals surface area contributed by atoms with Gasteiger partial charge in [-0.15, -0.1) is 0 Å². The highest BCUT2D eigenvalue weighted by atomic mass is 35.5. The van der Waals surface area contributed by atoms with E-state index in [4.69, 9.17) is 11.6 Å². The molecular weight excluding hydrogens is 261 g/mol. The van der Waals surface area contributed by atoms with Crippen molar-refractivity contribution in [3.8, 4) is 0 Å². The maximum atomic E-state index is 13.4. The molecule has 1 aromatic heterocycles. The summed E-state index contributed by atoms with van der Waals surface area (Å²) in [6.45, 7) is 2.16. The standard InChI is InChI=1S/C11H15ClFN3S/c1-2-17-8-4-3-7(5-8)15-10-9(13)6-14-11(12)16-10/h6-8H,2-5H2,1H3,(H,14,15,16). The van der Waals surface area contributed by atoms with Crippen LogP contribution in [-0.2, 0) is 0 Å². The smallest absolute Gasteiger partial charge is 0.224 e. The number of hydrogen-bond acceptors (Lipinski definition) is 4. The van der Waals surface area contributed by atoms with Gasteiger partial charge in [-0.05, 0) is 36.6 Å². The number of thioether (sulfide) groups is 1. The quantitative estimate of drug-likeness (QED) is 0.855. The average molecular weight is 276 g/mol. The molecule has 0 bridgehead atoms. The van der Waals surface area contributed by atoms with E-state index in [9.17, 15) is 4.39 Å². The first-order chi connectivity index (χ1) is 8.19. The topological polar surface area (TPSA) is 37.8 Å².